The van der Waals surface area contributed by atoms with Crippen LogP contribution < -0.4 is 10.1 Å². The molecule has 0 aliphatic carbocycles. The standard InChI is InChI=1S/C20H27NO3/c1-6-23-18-13-15-9-7-8-10-16(15)14(2)17(18)11-12-21-19(22)24-20(3,4)5/h7-10,13H,6,11-12H2,1-5H3,(H,21,22). The lowest BCUT2D eigenvalue weighted by molar-refractivity contribution is 0.0528. The van der Waals surface area contributed by atoms with E-state index in [0.717, 1.165) is 11.3 Å². The minimum Gasteiger partial charge on any atom is -0.494 e. The van der Waals surface area contributed by atoms with Crippen LogP contribution in [0.2, 0.25) is 0 Å². The third kappa shape index (κ3) is 4.63. The molecule has 4 nitrogen and oxygen atoms in total. The fraction of sp³-hybridized carbons (Fsp3) is 0.450. The van der Waals surface area contributed by atoms with Gasteiger partial charge >= 0.3 is 6.09 Å². The first-order chi connectivity index (χ1) is 11.3. The van der Waals surface area contributed by atoms with Crippen LogP contribution in [0.5, 0.6) is 5.75 Å². The lowest BCUT2D eigenvalue weighted by Crippen LogP contribution is -2.33. The summed E-state index contributed by atoms with van der Waals surface area (Å²) < 4.78 is 11.1. The summed E-state index contributed by atoms with van der Waals surface area (Å²) in [5.74, 6) is 0.889. The number of fused-ring (bicyclic) bond motifs is 1. The van der Waals surface area contributed by atoms with E-state index in [9.17, 15) is 4.79 Å². The molecule has 4 heteroatoms. The van der Waals surface area contributed by atoms with Gasteiger partial charge in [0.15, 0.2) is 0 Å². The Balaban J connectivity index is 2.16. The monoisotopic (exact) mass is 329 g/mol. The van der Waals surface area contributed by atoms with E-state index in [2.05, 4.69) is 30.4 Å². The van der Waals surface area contributed by atoms with E-state index in [4.69, 9.17) is 9.47 Å². The van der Waals surface area contributed by atoms with Gasteiger partial charge in [-0.1, -0.05) is 24.3 Å². The lowest BCUT2D eigenvalue weighted by Gasteiger charge is -2.20. The van der Waals surface area contributed by atoms with Gasteiger partial charge in [0.25, 0.3) is 0 Å². The van der Waals surface area contributed by atoms with Crippen molar-refractivity contribution in [2.24, 2.45) is 0 Å². The van der Waals surface area contributed by atoms with Gasteiger partial charge in [-0.2, -0.15) is 0 Å². The number of rotatable bonds is 5. The Labute approximate surface area is 144 Å². The van der Waals surface area contributed by atoms with Crippen molar-refractivity contribution in [3.8, 4) is 5.75 Å². The largest absolute Gasteiger partial charge is 0.494 e. The maximum absolute atomic E-state index is 11.8. The van der Waals surface area contributed by atoms with E-state index >= 15 is 0 Å². The molecule has 24 heavy (non-hydrogen) atoms. The quantitative estimate of drug-likeness (QED) is 0.871. The van der Waals surface area contributed by atoms with Gasteiger partial charge in [0.1, 0.15) is 11.4 Å². The number of aryl methyl sites for hydroxylation is 1. The van der Waals surface area contributed by atoms with E-state index in [0.29, 0.717) is 19.6 Å². The smallest absolute Gasteiger partial charge is 0.407 e. The third-order valence-electron chi connectivity index (χ3n) is 3.74. The molecule has 0 aliphatic heterocycles. The van der Waals surface area contributed by atoms with Crippen molar-refractivity contribution in [1.82, 2.24) is 5.32 Å². The number of benzene rings is 2. The second kappa shape index (κ2) is 7.56. The topological polar surface area (TPSA) is 47.6 Å². The zero-order valence-corrected chi connectivity index (χ0v) is 15.2. The molecule has 0 spiro atoms. The van der Waals surface area contributed by atoms with E-state index in [1.807, 2.05) is 39.8 Å². The molecule has 0 unspecified atom stereocenters. The Morgan fingerprint density at radius 3 is 2.58 bits per heavy atom. The van der Waals surface area contributed by atoms with Crippen molar-refractivity contribution in [3.05, 3.63) is 41.5 Å². The molecular weight excluding hydrogens is 302 g/mol. The highest BCUT2D eigenvalue weighted by molar-refractivity contribution is 5.88. The van der Waals surface area contributed by atoms with E-state index in [1.165, 1.54) is 16.3 Å². The summed E-state index contributed by atoms with van der Waals surface area (Å²) in [7, 11) is 0. The van der Waals surface area contributed by atoms with Crippen molar-refractivity contribution in [3.63, 3.8) is 0 Å². The summed E-state index contributed by atoms with van der Waals surface area (Å²) in [4.78, 5) is 11.8. The molecule has 0 heterocycles. The number of alkyl carbamates (subject to hydrolysis) is 1. The minimum atomic E-state index is -0.487. The second-order valence-electron chi connectivity index (χ2n) is 6.81. The number of amides is 1. The van der Waals surface area contributed by atoms with Gasteiger partial charge in [0.05, 0.1) is 6.61 Å². The van der Waals surface area contributed by atoms with Gasteiger partial charge in [-0.05, 0) is 69.0 Å². The maximum Gasteiger partial charge on any atom is 0.407 e. The van der Waals surface area contributed by atoms with Crippen LogP contribution in [0, 0.1) is 6.92 Å². The van der Waals surface area contributed by atoms with Crippen LogP contribution in [-0.2, 0) is 11.2 Å². The molecule has 2 aromatic carbocycles. The predicted molar refractivity (Wildman–Crippen MR) is 97.8 cm³/mol. The van der Waals surface area contributed by atoms with Gasteiger partial charge < -0.3 is 14.8 Å². The average Bonchev–Trinajstić information content (AvgIpc) is 2.49. The molecule has 0 aliphatic rings. The summed E-state index contributed by atoms with van der Waals surface area (Å²) in [6.07, 6.45) is 0.310. The molecule has 0 aromatic heterocycles. The molecule has 0 radical (unpaired) electrons. The summed E-state index contributed by atoms with van der Waals surface area (Å²) >= 11 is 0. The van der Waals surface area contributed by atoms with Gasteiger partial charge in [0, 0.05) is 6.54 Å². The second-order valence-corrected chi connectivity index (χ2v) is 6.81. The molecule has 1 N–H and O–H groups in total. The SMILES string of the molecule is CCOc1cc2ccccc2c(C)c1CCNC(=O)OC(C)(C)C. The molecule has 0 bridgehead atoms. The molecule has 130 valence electrons. The number of carbonyl (C=O) groups is 1. The highest BCUT2D eigenvalue weighted by Gasteiger charge is 2.16. The zero-order valence-electron chi connectivity index (χ0n) is 15.2. The molecule has 0 saturated carbocycles. The Kier molecular flexibility index (Phi) is 5.71. The van der Waals surface area contributed by atoms with Crippen LogP contribution in [0.25, 0.3) is 10.8 Å². The first kappa shape index (κ1) is 18.1. The Bertz CT molecular complexity index is 717. The fourth-order valence-electron chi connectivity index (χ4n) is 2.74. The maximum atomic E-state index is 11.8. The van der Waals surface area contributed by atoms with Crippen LogP contribution in [0.15, 0.2) is 30.3 Å². The van der Waals surface area contributed by atoms with E-state index in [-0.39, 0.29) is 6.09 Å². The highest BCUT2D eigenvalue weighted by atomic mass is 16.6. The van der Waals surface area contributed by atoms with Crippen LogP contribution in [0.1, 0.15) is 38.8 Å². The molecule has 1 amide bonds. The molecule has 0 atom stereocenters. The van der Waals surface area contributed by atoms with Crippen molar-refractivity contribution in [2.45, 2.75) is 46.6 Å². The number of hydrogen-bond acceptors (Lipinski definition) is 3. The molecule has 2 aromatic rings. The summed E-state index contributed by atoms with van der Waals surface area (Å²) in [6.45, 7) is 10.8. The van der Waals surface area contributed by atoms with E-state index in [1.54, 1.807) is 0 Å². The number of ether oxygens (including phenoxy) is 2. The van der Waals surface area contributed by atoms with Gasteiger partial charge in [0.2, 0.25) is 0 Å². The fourth-order valence-corrected chi connectivity index (χ4v) is 2.74. The normalized spacial score (nSPS) is 11.4. The highest BCUT2D eigenvalue weighted by Crippen LogP contribution is 2.31. The van der Waals surface area contributed by atoms with Gasteiger partial charge in [-0.3, -0.25) is 0 Å². The van der Waals surface area contributed by atoms with Crippen LogP contribution >= 0.6 is 0 Å². The van der Waals surface area contributed by atoms with Crippen LogP contribution in [0.3, 0.4) is 0 Å². The molecule has 0 saturated heterocycles. The number of carbonyl (C=O) groups excluding carboxylic acids is 1. The number of hydrogen-bond donors (Lipinski definition) is 1. The molecule has 0 fully saturated rings. The summed E-state index contributed by atoms with van der Waals surface area (Å²) in [5.41, 5.74) is 1.84. The Morgan fingerprint density at radius 1 is 1.21 bits per heavy atom. The Morgan fingerprint density at radius 2 is 1.92 bits per heavy atom. The van der Waals surface area contributed by atoms with Crippen LogP contribution in [-0.4, -0.2) is 24.8 Å². The van der Waals surface area contributed by atoms with Gasteiger partial charge in [-0.15, -0.1) is 0 Å². The zero-order chi connectivity index (χ0) is 17.7. The minimum absolute atomic E-state index is 0.390. The van der Waals surface area contributed by atoms with Crippen LogP contribution in [0.4, 0.5) is 4.79 Å². The molecule has 2 rings (SSSR count). The lowest BCUT2D eigenvalue weighted by atomic mass is 9.97. The summed E-state index contributed by atoms with van der Waals surface area (Å²) in [6, 6.07) is 10.4. The van der Waals surface area contributed by atoms with Crippen molar-refractivity contribution < 1.29 is 14.3 Å². The number of nitrogens with one attached hydrogen (secondary N) is 1. The van der Waals surface area contributed by atoms with Crippen molar-refractivity contribution in [2.75, 3.05) is 13.2 Å². The van der Waals surface area contributed by atoms with Crippen molar-refractivity contribution >= 4 is 16.9 Å². The molecular formula is C20H27NO3. The first-order valence-electron chi connectivity index (χ1n) is 8.42. The first-order valence-corrected chi connectivity index (χ1v) is 8.42. The van der Waals surface area contributed by atoms with E-state index < -0.39 is 5.60 Å². The predicted octanol–water partition coefficient (Wildman–Crippen LogP) is 4.61. The Hall–Kier alpha value is -2.23. The van der Waals surface area contributed by atoms with Crippen molar-refractivity contribution in [1.29, 1.82) is 0 Å². The average molecular weight is 329 g/mol. The summed E-state index contributed by atoms with van der Waals surface area (Å²) in [5, 5.41) is 5.20. The van der Waals surface area contributed by atoms with Gasteiger partial charge in [-0.25, -0.2) is 4.79 Å². The third-order valence-corrected chi connectivity index (χ3v) is 3.74.